The molecule has 0 amide bonds. The maximum absolute atomic E-state index is 5.83. The van der Waals surface area contributed by atoms with Crippen LogP contribution in [0.4, 0.5) is 5.69 Å². The van der Waals surface area contributed by atoms with Gasteiger partial charge in [0, 0.05) is 23.8 Å². The lowest BCUT2D eigenvalue weighted by Gasteiger charge is -2.19. The predicted octanol–water partition coefficient (Wildman–Crippen LogP) is 4.05. The van der Waals surface area contributed by atoms with E-state index in [1.165, 1.54) is 33.0 Å². The molecule has 0 N–H and O–H groups in total. The average molecular weight is 267 g/mol. The summed E-state index contributed by atoms with van der Waals surface area (Å²) in [6.45, 7) is 5.08. The molecule has 0 spiro atoms. The van der Waals surface area contributed by atoms with Gasteiger partial charge in [0.1, 0.15) is 0 Å². The highest BCUT2D eigenvalue weighted by molar-refractivity contribution is 7.15. The first kappa shape index (κ1) is 12.4. The lowest BCUT2D eigenvalue weighted by atomic mass is 10.1. The summed E-state index contributed by atoms with van der Waals surface area (Å²) >= 11 is 7.36. The molecule has 0 unspecified atom stereocenters. The van der Waals surface area contributed by atoms with E-state index in [-0.39, 0.29) is 0 Å². The molecule has 0 radical (unpaired) electrons. The summed E-state index contributed by atoms with van der Waals surface area (Å²) in [5.74, 6) is 0. The van der Waals surface area contributed by atoms with Gasteiger partial charge in [-0.3, -0.25) is 0 Å². The SMILES string of the molecule is Cc1cc(C)cc(N(C)Cc2cnc(Cl)s2)c1. The van der Waals surface area contributed by atoms with E-state index in [2.05, 4.69) is 49.0 Å². The van der Waals surface area contributed by atoms with Crippen LogP contribution in [0, 0.1) is 13.8 Å². The minimum Gasteiger partial charge on any atom is -0.369 e. The summed E-state index contributed by atoms with van der Waals surface area (Å²) in [5.41, 5.74) is 3.80. The minimum atomic E-state index is 0.605. The summed E-state index contributed by atoms with van der Waals surface area (Å²) in [6, 6.07) is 6.56. The number of anilines is 1. The van der Waals surface area contributed by atoms with E-state index in [1.54, 1.807) is 0 Å². The van der Waals surface area contributed by atoms with Gasteiger partial charge in [-0.1, -0.05) is 17.7 Å². The standard InChI is InChI=1S/C13H15ClN2S/c1-9-4-10(2)6-11(5-9)16(3)8-12-7-15-13(14)17-12/h4-7H,8H2,1-3H3. The van der Waals surface area contributed by atoms with Crippen LogP contribution in [0.15, 0.2) is 24.4 Å². The van der Waals surface area contributed by atoms with Gasteiger partial charge < -0.3 is 4.90 Å². The van der Waals surface area contributed by atoms with Gasteiger partial charge in [0.15, 0.2) is 4.47 Å². The maximum Gasteiger partial charge on any atom is 0.183 e. The Balaban J connectivity index is 2.16. The first-order chi connectivity index (χ1) is 8.04. The third-order valence-corrected chi connectivity index (χ3v) is 3.67. The average Bonchev–Trinajstić information content (AvgIpc) is 2.62. The van der Waals surface area contributed by atoms with Crippen molar-refractivity contribution in [2.24, 2.45) is 0 Å². The van der Waals surface area contributed by atoms with Crippen LogP contribution in [-0.2, 0) is 6.54 Å². The Kier molecular flexibility index (Phi) is 3.69. The molecule has 0 saturated heterocycles. The normalized spacial score (nSPS) is 10.6. The molecule has 0 aliphatic carbocycles. The zero-order valence-corrected chi connectivity index (χ0v) is 11.8. The molecule has 0 bridgehead atoms. The number of aryl methyl sites for hydroxylation is 2. The smallest absolute Gasteiger partial charge is 0.183 e. The number of hydrogen-bond acceptors (Lipinski definition) is 3. The van der Waals surface area contributed by atoms with E-state index in [4.69, 9.17) is 11.6 Å². The molecule has 0 saturated carbocycles. The van der Waals surface area contributed by atoms with Gasteiger partial charge in [-0.15, -0.1) is 11.3 Å². The molecule has 2 rings (SSSR count). The van der Waals surface area contributed by atoms with Crippen LogP contribution >= 0.6 is 22.9 Å². The van der Waals surface area contributed by atoms with Crippen LogP contribution in [-0.4, -0.2) is 12.0 Å². The quantitative estimate of drug-likeness (QED) is 0.833. The largest absolute Gasteiger partial charge is 0.369 e. The molecule has 1 aromatic carbocycles. The molecule has 1 aromatic heterocycles. The molecule has 0 aliphatic heterocycles. The fraction of sp³-hybridized carbons (Fsp3) is 0.308. The van der Waals surface area contributed by atoms with Gasteiger partial charge in [-0.25, -0.2) is 4.98 Å². The van der Waals surface area contributed by atoms with E-state index in [0.29, 0.717) is 4.47 Å². The topological polar surface area (TPSA) is 16.1 Å². The summed E-state index contributed by atoms with van der Waals surface area (Å²) in [5, 5.41) is 0. The fourth-order valence-corrected chi connectivity index (χ4v) is 2.88. The van der Waals surface area contributed by atoms with E-state index < -0.39 is 0 Å². The Morgan fingerprint density at radius 2 is 1.88 bits per heavy atom. The van der Waals surface area contributed by atoms with Crippen molar-refractivity contribution in [2.75, 3.05) is 11.9 Å². The number of rotatable bonds is 3. The van der Waals surface area contributed by atoms with E-state index in [9.17, 15) is 0 Å². The van der Waals surface area contributed by atoms with Gasteiger partial charge in [0.05, 0.1) is 6.54 Å². The minimum absolute atomic E-state index is 0.605. The molecule has 2 aromatic rings. The second kappa shape index (κ2) is 5.07. The van der Waals surface area contributed by atoms with Gasteiger partial charge in [0.25, 0.3) is 0 Å². The number of benzene rings is 1. The second-order valence-electron chi connectivity index (χ2n) is 4.28. The Hall–Kier alpha value is -1.06. The maximum atomic E-state index is 5.83. The molecule has 90 valence electrons. The Bertz CT molecular complexity index is 502. The number of halogens is 1. The fourth-order valence-electron chi connectivity index (χ4n) is 1.85. The van der Waals surface area contributed by atoms with Crippen LogP contribution in [0.25, 0.3) is 0 Å². The van der Waals surface area contributed by atoms with E-state index in [1.807, 2.05) is 6.20 Å². The van der Waals surface area contributed by atoms with Crippen molar-refractivity contribution in [3.05, 3.63) is 44.9 Å². The van der Waals surface area contributed by atoms with Gasteiger partial charge in [-0.05, 0) is 37.1 Å². The van der Waals surface area contributed by atoms with Crippen LogP contribution < -0.4 is 4.90 Å². The summed E-state index contributed by atoms with van der Waals surface area (Å²) < 4.78 is 0.605. The first-order valence-corrected chi connectivity index (χ1v) is 6.63. The van der Waals surface area contributed by atoms with Crippen LogP contribution in [0.2, 0.25) is 4.47 Å². The van der Waals surface area contributed by atoms with Crippen molar-refractivity contribution in [1.29, 1.82) is 0 Å². The van der Waals surface area contributed by atoms with Crippen molar-refractivity contribution in [3.8, 4) is 0 Å². The molecule has 17 heavy (non-hydrogen) atoms. The highest BCUT2D eigenvalue weighted by atomic mass is 35.5. The van der Waals surface area contributed by atoms with Crippen LogP contribution in [0.3, 0.4) is 0 Å². The van der Waals surface area contributed by atoms with Crippen molar-refractivity contribution >= 4 is 28.6 Å². The monoisotopic (exact) mass is 266 g/mol. The lowest BCUT2D eigenvalue weighted by Crippen LogP contribution is -2.15. The molecule has 0 fully saturated rings. The molecule has 0 aliphatic rings. The number of hydrogen-bond donors (Lipinski definition) is 0. The molecule has 1 heterocycles. The van der Waals surface area contributed by atoms with Gasteiger partial charge in [-0.2, -0.15) is 0 Å². The van der Waals surface area contributed by atoms with Crippen molar-refractivity contribution in [2.45, 2.75) is 20.4 Å². The summed E-state index contributed by atoms with van der Waals surface area (Å²) in [7, 11) is 2.09. The predicted molar refractivity (Wildman–Crippen MR) is 75.1 cm³/mol. The summed E-state index contributed by atoms with van der Waals surface area (Å²) in [4.78, 5) is 7.45. The lowest BCUT2D eigenvalue weighted by molar-refractivity contribution is 0.934. The number of thiazole rings is 1. The van der Waals surface area contributed by atoms with Crippen LogP contribution in [0.5, 0.6) is 0 Å². The molecular weight excluding hydrogens is 252 g/mol. The van der Waals surface area contributed by atoms with E-state index >= 15 is 0 Å². The molecule has 2 nitrogen and oxygen atoms in total. The van der Waals surface area contributed by atoms with Crippen molar-refractivity contribution in [1.82, 2.24) is 4.98 Å². The third kappa shape index (κ3) is 3.20. The van der Waals surface area contributed by atoms with Gasteiger partial charge in [0.2, 0.25) is 0 Å². The Labute approximate surface area is 111 Å². The Morgan fingerprint density at radius 3 is 2.41 bits per heavy atom. The van der Waals surface area contributed by atoms with Crippen LogP contribution in [0.1, 0.15) is 16.0 Å². The van der Waals surface area contributed by atoms with E-state index in [0.717, 1.165) is 6.54 Å². The molecule has 0 atom stereocenters. The highest BCUT2D eigenvalue weighted by Crippen LogP contribution is 2.23. The highest BCUT2D eigenvalue weighted by Gasteiger charge is 2.06. The first-order valence-electron chi connectivity index (χ1n) is 5.44. The number of nitrogens with zero attached hydrogens (tertiary/aromatic N) is 2. The third-order valence-electron chi connectivity index (χ3n) is 2.57. The second-order valence-corrected chi connectivity index (χ2v) is 5.98. The molecule has 4 heteroatoms. The Morgan fingerprint density at radius 1 is 1.24 bits per heavy atom. The zero-order valence-electron chi connectivity index (χ0n) is 10.2. The van der Waals surface area contributed by atoms with Crippen molar-refractivity contribution < 1.29 is 0 Å². The summed E-state index contributed by atoms with van der Waals surface area (Å²) in [6.07, 6.45) is 1.84. The zero-order chi connectivity index (χ0) is 12.4. The van der Waals surface area contributed by atoms with Gasteiger partial charge >= 0.3 is 0 Å². The molecular formula is C13H15ClN2S. The number of aromatic nitrogens is 1. The van der Waals surface area contributed by atoms with Crippen molar-refractivity contribution in [3.63, 3.8) is 0 Å².